The fourth-order valence-corrected chi connectivity index (χ4v) is 3.22. The van der Waals surface area contributed by atoms with Gasteiger partial charge in [0, 0.05) is 6.04 Å². The van der Waals surface area contributed by atoms with Crippen molar-refractivity contribution in [3.05, 3.63) is 33.0 Å². The monoisotopic (exact) mass is 253 g/mol. The molecule has 2 heterocycles. The molecule has 0 bridgehead atoms. The Morgan fingerprint density at radius 1 is 1.50 bits per heavy atom. The van der Waals surface area contributed by atoms with Crippen LogP contribution in [0.1, 0.15) is 29.1 Å². The molecule has 0 saturated heterocycles. The normalized spacial score (nSPS) is 12.9. The molecule has 0 spiro atoms. The Hall–Kier alpha value is -0.780. The lowest BCUT2D eigenvalue weighted by Gasteiger charge is -2.14. The largest absolute Gasteiger partial charge is 0.312 e. The van der Waals surface area contributed by atoms with Crippen molar-refractivity contribution in [2.45, 2.75) is 25.8 Å². The Morgan fingerprint density at radius 2 is 2.38 bits per heavy atom. The van der Waals surface area contributed by atoms with Crippen LogP contribution >= 0.6 is 22.9 Å². The molecule has 2 aromatic rings. The van der Waals surface area contributed by atoms with E-state index in [2.05, 4.69) is 38.7 Å². The van der Waals surface area contributed by atoms with Crippen molar-refractivity contribution in [2.24, 2.45) is 0 Å². The first-order valence-electron chi connectivity index (χ1n) is 5.34. The fourth-order valence-electron chi connectivity index (χ4n) is 1.70. The molecule has 0 aromatic carbocycles. The Balaban J connectivity index is 2.16. The SMILES string of the molecule is CCc1nnsc1C(Cc1ccsc1)NC. The summed E-state index contributed by atoms with van der Waals surface area (Å²) in [5, 5.41) is 11.8. The Bertz CT molecular complexity index is 422. The van der Waals surface area contributed by atoms with Crippen molar-refractivity contribution in [2.75, 3.05) is 7.05 Å². The van der Waals surface area contributed by atoms with Crippen molar-refractivity contribution in [1.82, 2.24) is 14.9 Å². The summed E-state index contributed by atoms with van der Waals surface area (Å²) in [7, 11) is 2.00. The number of thiophene rings is 1. The minimum Gasteiger partial charge on any atom is -0.312 e. The van der Waals surface area contributed by atoms with Crippen molar-refractivity contribution in [1.29, 1.82) is 0 Å². The average molecular weight is 253 g/mol. The predicted octanol–water partition coefficient (Wildman–Crippen LogP) is 2.67. The van der Waals surface area contributed by atoms with Crippen LogP contribution in [0.3, 0.4) is 0 Å². The molecular weight excluding hydrogens is 238 g/mol. The summed E-state index contributed by atoms with van der Waals surface area (Å²) in [5.74, 6) is 0. The molecule has 0 fully saturated rings. The third kappa shape index (κ3) is 2.48. The number of nitrogens with zero attached hydrogens (tertiary/aromatic N) is 2. The lowest BCUT2D eigenvalue weighted by Crippen LogP contribution is -2.18. The van der Waals surface area contributed by atoms with Gasteiger partial charge in [0.25, 0.3) is 0 Å². The van der Waals surface area contributed by atoms with Crippen LogP contribution in [0, 0.1) is 0 Å². The molecule has 0 aliphatic carbocycles. The van der Waals surface area contributed by atoms with Crippen molar-refractivity contribution >= 4 is 22.9 Å². The van der Waals surface area contributed by atoms with Gasteiger partial charge in [0.15, 0.2) is 0 Å². The molecule has 0 aliphatic heterocycles. The lowest BCUT2D eigenvalue weighted by molar-refractivity contribution is 0.596. The minimum absolute atomic E-state index is 0.338. The molecule has 5 heteroatoms. The summed E-state index contributed by atoms with van der Waals surface area (Å²) in [5.41, 5.74) is 2.50. The van der Waals surface area contributed by atoms with E-state index < -0.39 is 0 Å². The van der Waals surface area contributed by atoms with Crippen molar-refractivity contribution in [3.8, 4) is 0 Å². The summed E-state index contributed by atoms with van der Waals surface area (Å²) in [6, 6.07) is 2.51. The number of hydrogen-bond acceptors (Lipinski definition) is 5. The van der Waals surface area contributed by atoms with Gasteiger partial charge < -0.3 is 5.32 Å². The molecule has 16 heavy (non-hydrogen) atoms. The summed E-state index contributed by atoms with van der Waals surface area (Å²) < 4.78 is 4.05. The molecule has 2 rings (SSSR count). The van der Waals surface area contributed by atoms with E-state index in [0.717, 1.165) is 18.5 Å². The van der Waals surface area contributed by atoms with E-state index in [-0.39, 0.29) is 0 Å². The van der Waals surface area contributed by atoms with Gasteiger partial charge in [0.05, 0.1) is 10.6 Å². The third-order valence-electron chi connectivity index (χ3n) is 2.60. The van der Waals surface area contributed by atoms with Crippen LogP contribution in [-0.2, 0) is 12.8 Å². The molecule has 0 saturated carbocycles. The van der Waals surface area contributed by atoms with E-state index in [1.165, 1.54) is 22.0 Å². The van der Waals surface area contributed by atoms with Gasteiger partial charge in [0.1, 0.15) is 0 Å². The van der Waals surface area contributed by atoms with Crippen LogP contribution in [0.25, 0.3) is 0 Å². The highest BCUT2D eigenvalue weighted by atomic mass is 32.1. The second kappa shape index (κ2) is 5.52. The van der Waals surface area contributed by atoms with E-state index in [0.29, 0.717) is 6.04 Å². The molecule has 3 nitrogen and oxygen atoms in total. The molecule has 0 aliphatic rings. The number of hydrogen-bond donors (Lipinski definition) is 1. The summed E-state index contributed by atoms with van der Waals surface area (Å²) >= 11 is 3.25. The predicted molar refractivity (Wildman–Crippen MR) is 69.1 cm³/mol. The number of nitrogens with one attached hydrogen (secondary N) is 1. The maximum absolute atomic E-state index is 4.16. The number of aryl methyl sites for hydroxylation is 1. The zero-order chi connectivity index (χ0) is 11.4. The maximum atomic E-state index is 4.16. The number of likely N-dealkylation sites (N-methyl/N-ethyl adjacent to an activating group) is 1. The second-order valence-electron chi connectivity index (χ2n) is 3.61. The fraction of sp³-hybridized carbons (Fsp3) is 0.455. The van der Waals surface area contributed by atoms with Gasteiger partial charge in [-0.25, -0.2) is 0 Å². The maximum Gasteiger partial charge on any atom is 0.0801 e. The van der Waals surface area contributed by atoms with Crippen molar-refractivity contribution < 1.29 is 0 Å². The topological polar surface area (TPSA) is 37.8 Å². The Kier molecular flexibility index (Phi) is 4.04. The zero-order valence-corrected chi connectivity index (χ0v) is 11.1. The van der Waals surface area contributed by atoms with Gasteiger partial charge in [-0.05, 0) is 53.8 Å². The van der Waals surface area contributed by atoms with Gasteiger partial charge in [-0.1, -0.05) is 11.4 Å². The van der Waals surface area contributed by atoms with Crippen molar-refractivity contribution in [3.63, 3.8) is 0 Å². The quantitative estimate of drug-likeness (QED) is 0.890. The van der Waals surface area contributed by atoms with Gasteiger partial charge >= 0.3 is 0 Å². The molecule has 1 N–H and O–H groups in total. The first kappa shape index (κ1) is 11.7. The van der Waals surface area contributed by atoms with Crippen LogP contribution < -0.4 is 5.32 Å². The zero-order valence-electron chi connectivity index (χ0n) is 9.43. The summed E-state index contributed by atoms with van der Waals surface area (Å²) in [6.45, 7) is 2.12. The van der Waals surface area contributed by atoms with E-state index in [9.17, 15) is 0 Å². The highest BCUT2D eigenvalue weighted by Gasteiger charge is 2.17. The summed E-state index contributed by atoms with van der Waals surface area (Å²) in [4.78, 5) is 1.27. The van der Waals surface area contributed by atoms with E-state index in [4.69, 9.17) is 0 Å². The smallest absolute Gasteiger partial charge is 0.0801 e. The van der Waals surface area contributed by atoms with E-state index in [1.807, 2.05) is 7.05 Å². The number of rotatable bonds is 5. The first-order chi connectivity index (χ1) is 7.85. The highest BCUT2D eigenvalue weighted by molar-refractivity contribution is 7.08. The number of aromatic nitrogens is 2. The van der Waals surface area contributed by atoms with Crippen LogP contribution in [0.5, 0.6) is 0 Å². The van der Waals surface area contributed by atoms with Crippen LogP contribution in [-0.4, -0.2) is 16.6 Å². The standard InChI is InChI=1S/C11H15N3S2/c1-3-9-11(16-14-13-9)10(12-2)6-8-4-5-15-7-8/h4-5,7,10,12H,3,6H2,1-2H3. The Morgan fingerprint density at radius 3 is 3.00 bits per heavy atom. The molecular formula is C11H15N3S2. The Labute approximate surface area is 104 Å². The molecule has 0 radical (unpaired) electrons. The molecule has 86 valence electrons. The molecule has 0 amide bonds. The van der Waals surface area contributed by atoms with Crippen LogP contribution in [0.2, 0.25) is 0 Å². The van der Waals surface area contributed by atoms with Gasteiger partial charge in [0.2, 0.25) is 0 Å². The molecule has 2 aromatic heterocycles. The van der Waals surface area contributed by atoms with Gasteiger partial charge in [-0.15, -0.1) is 5.10 Å². The molecule has 1 unspecified atom stereocenters. The van der Waals surface area contributed by atoms with E-state index in [1.54, 1.807) is 11.3 Å². The van der Waals surface area contributed by atoms with E-state index >= 15 is 0 Å². The van der Waals surface area contributed by atoms with Gasteiger partial charge in [-0.2, -0.15) is 11.3 Å². The molecule has 1 atom stereocenters. The van der Waals surface area contributed by atoms with Crippen LogP contribution in [0.4, 0.5) is 0 Å². The average Bonchev–Trinajstić information content (AvgIpc) is 2.96. The third-order valence-corrected chi connectivity index (χ3v) is 4.22. The highest BCUT2D eigenvalue weighted by Crippen LogP contribution is 2.24. The minimum atomic E-state index is 0.338. The second-order valence-corrected chi connectivity index (χ2v) is 5.18. The van der Waals surface area contributed by atoms with Gasteiger partial charge in [-0.3, -0.25) is 0 Å². The lowest BCUT2D eigenvalue weighted by atomic mass is 10.1. The van der Waals surface area contributed by atoms with Crippen LogP contribution in [0.15, 0.2) is 16.8 Å². The first-order valence-corrected chi connectivity index (χ1v) is 7.06. The summed E-state index contributed by atoms with van der Waals surface area (Å²) in [6.07, 6.45) is 1.96.